The van der Waals surface area contributed by atoms with Crippen molar-refractivity contribution in [2.45, 2.75) is 13.0 Å². The normalized spacial score (nSPS) is 14.9. The van der Waals surface area contributed by atoms with E-state index in [0.717, 1.165) is 11.1 Å². The number of nitrogens with zero attached hydrogens (tertiary/aromatic N) is 2. The van der Waals surface area contributed by atoms with E-state index in [1.54, 1.807) is 61.5 Å². The van der Waals surface area contributed by atoms with Crippen LogP contribution in [0.15, 0.2) is 94.2 Å². The number of methoxy groups -OCH3 is 1. The monoisotopic (exact) mass is 558 g/mol. The van der Waals surface area contributed by atoms with E-state index in [4.69, 9.17) is 26.1 Å². The smallest absolute Gasteiger partial charge is 0.338 e. The van der Waals surface area contributed by atoms with E-state index in [2.05, 4.69) is 0 Å². The van der Waals surface area contributed by atoms with Gasteiger partial charge in [-0.15, -0.1) is 0 Å². The van der Waals surface area contributed by atoms with E-state index in [-0.39, 0.29) is 17.7 Å². The fourth-order valence-corrected chi connectivity index (χ4v) is 5.51. The van der Waals surface area contributed by atoms with Crippen molar-refractivity contribution in [3.8, 4) is 0 Å². The molecule has 1 aromatic heterocycles. The van der Waals surface area contributed by atoms with Crippen LogP contribution in [0.1, 0.15) is 40.0 Å². The number of rotatable bonds is 6. The van der Waals surface area contributed by atoms with Gasteiger partial charge in [-0.3, -0.25) is 9.36 Å². The Kier molecular flexibility index (Phi) is 7.58. The van der Waals surface area contributed by atoms with Crippen LogP contribution in [0.2, 0.25) is 5.02 Å². The average molecular weight is 559 g/mol. The number of benzene rings is 3. The topological polar surface area (TPSA) is 87.0 Å². The molecule has 1 aliphatic rings. The molecule has 0 unspecified atom stereocenters. The molecule has 0 saturated heterocycles. The summed E-state index contributed by atoms with van der Waals surface area (Å²) in [5.41, 5.74) is 2.98. The Labute approximate surface area is 232 Å². The number of hydrogen-bond acceptors (Lipinski definition) is 7. The Bertz CT molecular complexity index is 1760. The first-order valence-electron chi connectivity index (χ1n) is 12.1. The molecule has 0 amide bonds. The zero-order chi connectivity index (χ0) is 27.5. The summed E-state index contributed by atoms with van der Waals surface area (Å²) in [6.45, 7) is 1.91. The molecule has 0 N–H and O–H groups in total. The Morgan fingerprint density at radius 1 is 1.00 bits per heavy atom. The predicted molar refractivity (Wildman–Crippen MR) is 150 cm³/mol. The fourth-order valence-electron chi connectivity index (χ4n) is 4.39. The molecule has 4 aromatic rings. The maximum Gasteiger partial charge on any atom is 0.338 e. The third-order valence-electron chi connectivity index (χ3n) is 6.19. The van der Waals surface area contributed by atoms with Gasteiger partial charge in [-0.05, 0) is 48.4 Å². The van der Waals surface area contributed by atoms with Crippen molar-refractivity contribution in [3.05, 3.63) is 131 Å². The van der Waals surface area contributed by atoms with Gasteiger partial charge in [-0.25, -0.2) is 14.6 Å². The van der Waals surface area contributed by atoms with Crippen molar-refractivity contribution in [1.82, 2.24) is 4.57 Å². The summed E-state index contributed by atoms with van der Waals surface area (Å²) in [5, 5.41) is 0.534. The van der Waals surface area contributed by atoms with Crippen LogP contribution < -0.4 is 14.9 Å². The van der Waals surface area contributed by atoms with Crippen LogP contribution in [0, 0.1) is 0 Å². The first-order chi connectivity index (χ1) is 18.9. The van der Waals surface area contributed by atoms with Gasteiger partial charge in [0, 0.05) is 10.6 Å². The van der Waals surface area contributed by atoms with Crippen LogP contribution in [0.3, 0.4) is 0 Å². The van der Waals surface area contributed by atoms with Crippen LogP contribution >= 0.6 is 22.9 Å². The van der Waals surface area contributed by atoms with Gasteiger partial charge in [0.1, 0.15) is 0 Å². The van der Waals surface area contributed by atoms with Gasteiger partial charge < -0.3 is 9.47 Å². The van der Waals surface area contributed by atoms with Crippen molar-refractivity contribution >= 4 is 46.6 Å². The molecule has 0 spiro atoms. The van der Waals surface area contributed by atoms with Gasteiger partial charge in [0.25, 0.3) is 5.56 Å². The van der Waals surface area contributed by atoms with Gasteiger partial charge >= 0.3 is 11.9 Å². The molecule has 0 bridgehead atoms. The van der Waals surface area contributed by atoms with Gasteiger partial charge in [-0.2, -0.15) is 0 Å². The van der Waals surface area contributed by atoms with Gasteiger partial charge in [0.15, 0.2) is 4.80 Å². The molecule has 0 fully saturated rings. The predicted octanol–water partition coefficient (Wildman–Crippen LogP) is 4.38. The summed E-state index contributed by atoms with van der Waals surface area (Å²) in [5.74, 6) is -0.989. The van der Waals surface area contributed by atoms with E-state index >= 15 is 0 Å². The van der Waals surface area contributed by atoms with E-state index < -0.39 is 18.0 Å². The van der Waals surface area contributed by atoms with Crippen molar-refractivity contribution in [1.29, 1.82) is 0 Å². The van der Waals surface area contributed by atoms with E-state index in [1.807, 2.05) is 30.3 Å². The minimum Gasteiger partial charge on any atom is -0.465 e. The molecule has 3 aromatic carbocycles. The zero-order valence-electron chi connectivity index (χ0n) is 21.1. The number of halogens is 1. The molecular formula is C30H23ClN2O5S. The number of carbonyl (C=O) groups excluding carboxylic acids is 2. The molecule has 1 atom stereocenters. The third kappa shape index (κ3) is 5.21. The largest absolute Gasteiger partial charge is 0.465 e. The average Bonchev–Trinajstić information content (AvgIpc) is 3.27. The van der Waals surface area contributed by atoms with Crippen LogP contribution in [-0.4, -0.2) is 30.2 Å². The Morgan fingerprint density at radius 2 is 1.69 bits per heavy atom. The lowest BCUT2D eigenvalue weighted by molar-refractivity contribution is -0.138. The van der Waals surface area contributed by atoms with Crippen LogP contribution in [0.25, 0.3) is 11.8 Å². The minimum absolute atomic E-state index is 0.170. The van der Waals surface area contributed by atoms with Gasteiger partial charge in [0.05, 0.1) is 41.1 Å². The van der Waals surface area contributed by atoms with Crippen molar-refractivity contribution in [3.63, 3.8) is 0 Å². The third-order valence-corrected chi connectivity index (χ3v) is 7.42. The Hall–Kier alpha value is -4.27. The molecule has 1 aliphatic heterocycles. The highest BCUT2D eigenvalue weighted by atomic mass is 35.5. The highest BCUT2D eigenvalue weighted by Crippen LogP contribution is 2.35. The number of ether oxygens (including phenoxy) is 2. The molecule has 9 heteroatoms. The van der Waals surface area contributed by atoms with Crippen molar-refractivity contribution < 1.29 is 19.1 Å². The van der Waals surface area contributed by atoms with Crippen molar-refractivity contribution in [2.24, 2.45) is 4.99 Å². The highest BCUT2D eigenvalue weighted by Gasteiger charge is 2.35. The SMILES string of the molecule is CCOC(=O)C1=C(c2ccccc2)N=c2s/c(=C\c3ccc(C(=O)OC)cc3)c(=O)n2[C@@H]1c1ccc(Cl)cc1. The summed E-state index contributed by atoms with van der Waals surface area (Å²) in [6.07, 6.45) is 1.74. The fraction of sp³-hybridized carbons (Fsp3) is 0.133. The van der Waals surface area contributed by atoms with Crippen LogP contribution in [0.4, 0.5) is 0 Å². The van der Waals surface area contributed by atoms with Crippen LogP contribution in [0.5, 0.6) is 0 Å². The summed E-state index contributed by atoms with van der Waals surface area (Å²) in [7, 11) is 1.32. The Balaban J connectivity index is 1.76. The number of thiazole rings is 1. The lowest BCUT2D eigenvalue weighted by atomic mass is 9.93. The van der Waals surface area contributed by atoms with E-state index in [1.165, 1.54) is 23.0 Å². The lowest BCUT2D eigenvalue weighted by Gasteiger charge is -2.25. The zero-order valence-corrected chi connectivity index (χ0v) is 22.7. The molecule has 7 nitrogen and oxygen atoms in total. The lowest BCUT2D eigenvalue weighted by Crippen LogP contribution is -2.40. The summed E-state index contributed by atoms with van der Waals surface area (Å²) in [4.78, 5) is 44.4. The molecule has 0 radical (unpaired) electrons. The van der Waals surface area contributed by atoms with E-state index in [0.29, 0.717) is 31.2 Å². The quantitative estimate of drug-likeness (QED) is 0.328. The molecule has 0 aliphatic carbocycles. The standard InChI is InChI=1S/C30H23ClN2O5S/c1-3-38-29(36)24-25(19-7-5-4-6-8-19)32-30-33(26(24)20-13-15-22(31)16-14-20)27(34)23(39-30)17-18-9-11-21(12-10-18)28(35)37-2/h4-17,26H,3H2,1-2H3/b23-17-/t26-/m1/s1. The second-order valence-corrected chi connectivity index (χ2v) is 10.0. The van der Waals surface area contributed by atoms with Crippen LogP contribution in [-0.2, 0) is 14.3 Å². The summed E-state index contributed by atoms with van der Waals surface area (Å²) >= 11 is 7.39. The number of hydrogen-bond donors (Lipinski definition) is 0. The number of aromatic nitrogens is 1. The second kappa shape index (κ2) is 11.2. The maximum absolute atomic E-state index is 13.9. The maximum atomic E-state index is 13.9. The molecular weight excluding hydrogens is 536 g/mol. The number of esters is 2. The molecule has 39 heavy (non-hydrogen) atoms. The van der Waals surface area contributed by atoms with Crippen molar-refractivity contribution in [2.75, 3.05) is 13.7 Å². The number of carbonyl (C=O) groups is 2. The Morgan fingerprint density at radius 3 is 2.33 bits per heavy atom. The first kappa shape index (κ1) is 26.3. The minimum atomic E-state index is -0.781. The molecule has 2 heterocycles. The second-order valence-electron chi connectivity index (χ2n) is 8.60. The highest BCUT2D eigenvalue weighted by molar-refractivity contribution is 7.07. The molecule has 5 rings (SSSR count). The first-order valence-corrected chi connectivity index (χ1v) is 13.3. The summed E-state index contributed by atoms with van der Waals surface area (Å²) in [6, 6.07) is 22.4. The van der Waals surface area contributed by atoms with Gasteiger partial charge in [-0.1, -0.05) is 77.5 Å². The number of fused-ring (bicyclic) bond motifs is 1. The van der Waals surface area contributed by atoms with Gasteiger partial charge in [0.2, 0.25) is 0 Å². The summed E-state index contributed by atoms with van der Waals surface area (Å²) < 4.78 is 12.2. The van der Waals surface area contributed by atoms with E-state index in [9.17, 15) is 14.4 Å². The molecule has 196 valence electrons. The molecule has 0 saturated carbocycles.